The number of thiophene rings is 1. The van der Waals surface area contributed by atoms with Crippen molar-refractivity contribution in [2.24, 2.45) is 0 Å². The van der Waals surface area contributed by atoms with E-state index in [1.165, 1.54) is 4.88 Å². The van der Waals surface area contributed by atoms with E-state index in [-0.39, 0.29) is 18.1 Å². The molecule has 0 saturated heterocycles. The van der Waals surface area contributed by atoms with Gasteiger partial charge in [-0.3, -0.25) is 10.1 Å². The van der Waals surface area contributed by atoms with Gasteiger partial charge in [-0.15, -0.1) is 11.3 Å². The van der Waals surface area contributed by atoms with E-state index >= 15 is 0 Å². The van der Waals surface area contributed by atoms with E-state index in [1.807, 2.05) is 32.2 Å². The summed E-state index contributed by atoms with van der Waals surface area (Å²) in [4.78, 5) is 12.6. The fourth-order valence-corrected chi connectivity index (χ4v) is 2.07. The van der Waals surface area contributed by atoms with Crippen molar-refractivity contribution in [2.75, 3.05) is 6.61 Å². The summed E-state index contributed by atoms with van der Waals surface area (Å²) in [6.07, 6.45) is 0. The molecular weight excluding hydrogens is 210 g/mol. The maximum atomic E-state index is 11.4. The lowest BCUT2D eigenvalue weighted by molar-refractivity contribution is -0.145. The second kappa shape index (κ2) is 5.88. The molecule has 4 heteroatoms. The zero-order chi connectivity index (χ0) is 11.3. The Morgan fingerprint density at radius 3 is 2.87 bits per heavy atom. The third-order valence-corrected chi connectivity index (χ3v) is 3.17. The van der Waals surface area contributed by atoms with Crippen LogP contribution in [0.2, 0.25) is 0 Å². The average Bonchev–Trinajstić information content (AvgIpc) is 2.70. The number of hydrogen-bond acceptors (Lipinski definition) is 4. The first-order valence-electron chi connectivity index (χ1n) is 5.11. The van der Waals surface area contributed by atoms with Crippen molar-refractivity contribution in [3.05, 3.63) is 22.4 Å². The van der Waals surface area contributed by atoms with Gasteiger partial charge >= 0.3 is 5.97 Å². The molecule has 0 saturated carbocycles. The van der Waals surface area contributed by atoms with Gasteiger partial charge in [-0.25, -0.2) is 0 Å². The van der Waals surface area contributed by atoms with Crippen LogP contribution < -0.4 is 5.32 Å². The molecule has 0 aliphatic rings. The normalized spacial score (nSPS) is 14.6. The largest absolute Gasteiger partial charge is 0.465 e. The Morgan fingerprint density at radius 2 is 2.33 bits per heavy atom. The summed E-state index contributed by atoms with van der Waals surface area (Å²) in [6.45, 7) is 6.11. The molecule has 84 valence electrons. The highest BCUT2D eigenvalue weighted by Crippen LogP contribution is 2.18. The van der Waals surface area contributed by atoms with Crippen molar-refractivity contribution in [2.45, 2.75) is 32.9 Å². The van der Waals surface area contributed by atoms with E-state index in [0.717, 1.165) is 0 Å². The molecule has 1 heterocycles. The minimum absolute atomic E-state index is 0.185. The van der Waals surface area contributed by atoms with Gasteiger partial charge in [-0.1, -0.05) is 6.07 Å². The van der Waals surface area contributed by atoms with Crippen LogP contribution in [0, 0.1) is 0 Å². The van der Waals surface area contributed by atoms with Gasteiger partial charge < -0.3 is 4.74 Å². The summed E-state index contributed by atoms with van der Waals surface area (Å²) in [5, 5.41) is 5.23. The number of ether oxygens (including phenoxy) is 1. The van der Waals surface area contributed by atoms with Gasteiger partial charge in [0.15, 0.2) is 0 Å². The predicted octanol–water partition coefficient (Wildman–Crippen LogP) is 2.35. The molecular formula is C11H17NO2S. The minimum Gasteiger partial charge on any atom is -0.465 e. The molecule has 1 aromatic rings. The van der Waals surface area contributed by atoms with Crippen LogP contribution in [0.5, 0.6) is 0 Å². The number of rotatable bonds is 5. The van der Waals surface area contributed by atoms with Crippen molar-refractivity contribution in [3.63, 3.8) is 0 Å². The van der Waals surface area contributed by atoms with Crippen LogP contribution in [0.15, 0.2) is 17.5 Å². The number of carbonyl (C=O) groups is 1. The Labute approximate surface area is 94.5 Å². The lowest BCUT2D eigenvalue weighted by Crippen LogP contribution is -2.36. The van der Waals surface area contributed by atoms with Gasteiger partial charge in [0, 0.05) is 10.9 Å². The van der Waals surface area contributed by atoms with Gasteiger partial charge in [-0.05, 0) is 32.2 Å². The van der Waals surface area contributed by atoms with E-state index in [4.69, 9.17) is 4.74 Å². The second-order valence-corrected chi connectivity index (χ2v) is 4.36. The molecule has 1 rings (SSSR count). The summed E-state index contributed by atoms with van der Waals surface area (Å²) in [6, 6.07) is 3.99. The fraction of sp³-hybridized carbons (Fsp3) is 0.545. The molecule has 0 radical (unpaired) electrons. The Kier molecular flexibility index (Phi) is 4.78. The van der Waals surface area contributed by atoms with Crippen LogP contribution >= 0.6 is 11.3 Å². The third-order valence-electron chi connectivity index (χ3n) is 2.11. The van der Waals surface area contributed by atoms with Crippen molar-refractivity contribution in [1.29, 1.82) is 0 Å². The van der Waals surface area contributed by atoms with Gasteiger partial charge in [-0.2, -0.15) is 0 Å². The molecule has 0 spiro atoms. The molecule has 0 aliphatic carbocycles. The molecule has 2 atom stereocenters. The van der Waals surface area contributed by atoms with E-state index < -0.39 is 0 Å². The summed E-state index contributed by atoms with van der Waals surface area (Å²) in [7, 11) is 0. The van der Waals surface area contributed by atoms with E-state index in [0.29, 0.717) is 6.61 Å². The lowest BCUT2D eigenvalue weighted by atomic mass is 10.2. The fourth-order valence-electron chi connectivity index (χ4n) is 1.33. The molecule has 3 nitrogen and oxygen atoms in total. The molecule has 0 aromatic carbocycles. The van der Waals surface area contributed by atoms with Crippen molar-refractivity contribution in [3.8, 4) is 0 Å². The zero-order valence-corrected chi connectivity index (χ0v) is 10.1. The maximum absolute atomic E-state index is 11.4. The standard InChI is InChI=1S/C11H17NO2S/c1-4-14-11(13)9(3)12-8(2)10-6-5-7-15-10/h5-9,12H,4H2,1-3H3. The number of nitrogens with one attached hydrogen (secondary N) is 1. The highest BCUT2D eigenvalue weighted by molar-refractivity contribution is 7.10. The highest BCUT2D eigenvalue weighted by atomic mass is 32.1. The minimum atomic E-state index is -0.262. The SMILES string of the molecule is CCOC(=O)C(C)NC(C)c1cccs1. The van der Waals surface area contributed by atoms with Crippen molar-refractivity contribution in [1.82, 2.24) is 5.32 Å². The Bertz CT molecular complexity index is 298. The first-order chi connectivity index (χ1) is 7.15. The third kappa shape index (κ3) is 3.64. The molecule has 1 aromatic heterocycles. The van der Waals surface area contributed by atoms with Gasteiger partial charge in [0.25, 0.3) is 0 Å². The van der Waals surface area contributed by atoms with E-state index in [1.54, 1.807) is 11.3 Å². The number of esters is 1. The Morgan fingerprint density at radius 1 is 1.60 bits per heavy atom. The van der Waals surface area contributed by atoms with Crippen LogP contribution in [0.4, 0.5) is 0 Å². The summed E-state index contributed by atoms with van der Waals surface area (Å²) < 4.78 is 4.92. The van der Waals surface area contributed by atoms with Crippen LogP contribution in [0.1, 0.15) is 31.7 Å². The average molecular weight is 227 g/mol. The number of carbonyl (C=O) groups excluding carboxylic acids is 1. The zero-order valence-electron chi connectivity index (χ0n) is 9.32. The van der Waals surface area contributed by atoms with Crippen molar-refractivity contribution >= 4 is 17.3 Å². The van der Waals surface area contributed by atoms with Crippen LogP contribution in [-0.2, 0) is 9.53 Å². The summed E-state index contributed by atoms with van der Waals surface area (Å²) >= 11 is 1.68. The quantitative estimate of drug-likeness (QED) is 0.785. The highest BCUT2D eigenvalue weighted by Gasteiger charge is 2.17. The first-order valence-corrected chi connectivity index (χ1v) is 5.99. The molecule has 2 unspecified atom stereocenters. The van der Waals surface area contributed by atoms with Crippen LogP contribution in [0.3, 0.4) is 0 Å². The van der Waals surface area contributed by atoms with Crippen LogP contribution in [-0.4, -0.2) is 18.6 Å². The van der Waals surface area contributed by atoms with Gasteiger partial charge in [0.05, 0.1) is 6.61 Å². The molecule has 0 amide bonds. The van der Waals surface area contributed by atoms with E-state index in [9.17, 15) is 4.79 Å². The predicted molar refractivity (Wildman–Crippen MR) is 62.0 cm³/mol. The second-order valence-electron chi connectivity index (χ2n) is 3.38. The van der Waals surface area contributed by atoms with Gasteiger partial charge in [0.1, 0.15) is 6.04 Å². The number of hydrogen-bond donors (Lipinski definition) is 1. The topological polar surface area (TPSA) is 38.3 Å². The molecule has 1 N–H and O–H groups in total. The summed E-state index contributed by atoms with van der Waals surface area (Å²) in [5.41, 5.74) is 0. The molecule has 0 aliphatic heterocycles. The first kappa shape index (κ1) is 12.2. The lowest BCUT2D eigenvalue weighted by Gasteiger charge is -2.17. The molecule has 0 fully saturated rings. The maximum Gasteiger partial charge on any atom is 0.322 e. The Hall–Kier alpha value is -0.870. The molecule has 0 bridgehead atoms. The Balaban J connectivity index is 2.44. The molecule has 15 heavy (non-hydrogen) atoms. The smallest absolute Gasteiger partial charge is 0.322 e. The van der Waals surface area contributed by atoms with Crippen LogP contribution in [0.25, 0.3) is 0 Å². The van der Waals surface area contributed by atoms with Crippen molar-refractivity contribution < 1.29 is 9.53 Å². The van der Waals surface area contributed by atoms with E-state index in [2.05, 4.69) is 11.4 Å². The monoisotopic (exact) mass is 227 g/mol. The summed E-state index contributed by atoms with van der Waals surface area (Å²) in [5.74, 6) is -0.194. The van der Waals surface area contributed by atoms with Gasteiger partial charge in [0.2, 0.25) is 0 Å².